The third kappa shape index (κ3) is 5.35. The average molecular weight is 230 g/mol. The van der Waals surface area contributed by atoms with E-state index < -0.39 is 6.09 Å². The van der Waals surface area contributed by atoms with Gasteiger partial charge >= 0.3 is 6.09 Å². The maximum atomic E-state index is 10.8. The first kappa shape index (κ1) is 15.2. The Balaban J connectivity index is 4.76. The van der Waals surface area contributed by atoms with Crippen LogP contribution in [0.2, 0.25) is 0 Å². The Labute approximate surface area is 98.6 Å². The van der Waals surface area contributed by atoms with Crippen LogP contribution in [0.4, 0.5) is 4.79 Å². The lowest BCUT2D eigenvalue weighted by atomic mass is 9.76. The minimum atomic E-state index is -0.970. The maximum absolute atomic E-state index is 10.8. The second kappa shape index (κ2) is 6.09. The first-order valence-corrected chi connectivity index (χ1v) is 5.88. The number of nitrogens with one attached hydrogen (secondary N) is 1. The lowest BCUT2D eigenvalue weighted by Gasteiger charge is -2.37. The second-order valence-electron chi connectivity index (χ2n) is 5.92. The molecule has 0 aliphatic heterocycles. The van der Waals surface area contributed by atoms with Crippen molar-refractivity contribution in [2.75, 3.05) is 6.54 Å². The highest BCUT2D eigenvalue weighted by molar-refractivity contribution is 5.65. The van der Waals surface area contributed by atoms with Crippen LogP contribution in [0.25, 0.3) is 0 Å². The summed E-state index contributed by atoms with van der Waals surface area (Å²) in [5.74, 6) is 0.713. The number of nitrogens with two attached hydrogens (primary N) is 1. The zero-order valence-corrected chi connectivity index (χ0v) is 11.1. The van der Waals surface area contributed by atoms with Crippen molar-refractivity contribution >= 4 is 6.09 Å². The third-order valence-electron chi connectivity index (χ3n) is 2.76. The smallest absolute Gasteiger partial charge is 0.404 e. The van der Waals surface area contributed by atoms with Gasteiger partial charge in [-0.3, -0.25) is 0 Å². The molecule has 4 nitrogen and oxygen atoms in total. The Bertz CT molecular complexity index is 222. The van der Waals surface area contributed by atoms with E-state index in [0.717, 1.165) is 6.42 Å². The lowest BCUT2D eigenvalue weighted by molar-refractivity contribution is 0.146. The third-order valence-corrected chi connectivity index (χ3v) is 2.76. The van der Waals surface area contributed by atoms with E-state index in [9.17, 15) is 4.79 Å². The molecule has 0 aromatic rings. The molecule has 16 heavy (non-hydrogen) atoms. The Morgan fingerprint density at radius 1 is 1.38 bits per heavy atom. The SMILES string of the molecule is CC(C)C[C@@H](CN)C(NC(=O)O)C(C)(C)C. The van der Waals surface area contributed by atoms with E-state index >= 15 is 0 Å². The number of hydrogen-bond donors (Lipinski definition) is 3. The Morgan fingerprint density at radius 2 is 1.88 bits per heavy atom. The van der Waals surface area contributed by atoms with E-state index in [4.69, 9.17) is 10.8 Å². The number of hydrogen-bond acceptors (Lipinski definition) is 2. The molecule has 4 N–H and O–H groups in total. The molecular weight excluding hydrogens is 204 g/mol. The molecule has 0 spiro atoms. The number of amides is 1. The predicted octanol–water partition coefficient (Wildman–Crippen LogP) is 2.29. The maximum Gasteiger partial charge on any atom is 0.404 e. The normalized spacial score (nSPS) is 15.9. The highest BCUT2D eigenvalue weighted by Crippen LogP contribution is 2.28. The molecule has 0 rings (SSSR count). The molecule has 0 bridgehead atoms. The summed E-state index contributed by atoms with van der Waals surface area (Å²) >= 11 is 0. The monoisotopic (exact) mass is 230 g/mol. The number of rotatable bonds is 5. The van der Waals surface area contributed by atoms with Gasteiger partial charge in [0.15, 0.2) is 0 Å². The van der Waals surface area contributed by atoms with E-state index in [2.05, 4.69) is 19.2 Å². The summed E-state index contributed by atoms with van der Waals surface area (Å²) in [7, 11) is 0. The number of carbonyl (C=O) groups is 1. The van der Waals surface area contributed by atoms with Crippen LogP contribution in [0, 0.1) is 17.3 Å². The van der Waals surface area contributed by atoms with Crippen LogP contribution in [0.15, 0.2) is 0 Å². The zero-order chi connectivity index (χ0) is 12.9. The van der Waals surface area contributed by atoms with Crippen molar-refractivity contribution in [3.63, 3.8) is 0 Å². The molecule has 1 unspecified atom stereocenters. The quantitative estimate of drug-likeness (QED) is 0.678. The van der Waals surface area contributed by atoms with Crippen molar-refractivity contribution in [3.05, 3.63) is 0 Å². The highest BCUT2D eigenvalue weighted by Gasteiger charge is 2.33. The van der Waals surface area contributed by atoms with Crippen LogP contribution < -0.4 is 11.1 Å². The van der Waals surface area contributed by atoms with Gasteiger partial charge in [-0.2, -0.15) is 0 Å². The summed E-state index contributed by atoms with van der Waals surface area (Å²) in [5, 5.41) is 11.5. The molecule has 0 saturated heterocycles. The van der Waals surface area contributed by atoms with Gasteiger partial charge in [-0.15, -0.1) is 0 Å². The van der Waals surface area contributed by atoms with Gasteiger partial charge in [-0.1, -0.05) is 34.6 Å². The van der Waals surface area contributed by atoms with E-state index in [0.29, 0.717) is 12.5 Å². The first-order valence-electron chi connectivity index (χ1n) is 5.88. The fourth-order valence-corrected chi connectivity index (χ4v) is 2.15. The standard InChI is InChI=1S/C12H26N2O2/c1-8(2)6-9(7-13)10(12(3,4)5)14-11(15)16/h8-10,14H,6-7,13H2,1-5H3,(H,15,16)/t9-,10?/m0/s1. The summed E-state index contributed by atoms with van der Waals surface area (Å²) in [4.78, 5) is 10.8. The predicted molar refractivity (Wildman–Crippen MR) is 66.4 cm³/mol. The fourth-order valence-electron chi connectivity index (χ4n) is 2.15. The van der Waals surface area contributed by atoms with Crippen LogP contribution in [0.5, 0.6) is 0 Å². The average Bonchev–Trinajstić information content (AvgIpc) is 2.08. The zero-order valence-electron chi connectivity index (χ0n) is 11.1. The van der Waals surface area contributed by atoms with Crippen LogP contribution in [-0.4, -0.2) is 23.8 Å². The van der Waals surface area contributed by atoms with Crippen LogP contribution in [0.3, 0.4) is 0 Å². The van der Waals surface area contributed by atoms with Gasteiger partial charge in [-0.25, -0.2) is 4.79 Å². The Morgan fingerprint density at radius 3 is 2.12 bits per heavy atom. The van der Waals surface area contributed by atoms with Crippen molar-refractivity contribution in [3.8, 4) is 0 Å². The Hall–Kier alpha value is -0.770. The lowest BCUT2D eigenvalue weighted by Crippen LogP contribution is -2.50. The van der Waals surface area contributed by atoms with E-state index in [-0.39, 0.29) is 17.4 Å². The van der Waals surface area contributed by atoms with E-state index in [1.807, 2.05) is 20.8 Å². The summed E-state index contributed by atoms with van der Waals surface area (Å²) in [6.45, 7) is 10.9. The molecule has 4 heteroatoms. The fraction of sp³-hybridized carbons (Fsp3) is 0.917. The molecule has 0 heterocycles. The van der Waals surface area contributed by atoms with Crippen molar-refractivity contribution in [2.24, 2.45) is 23.0 Å². The summed E-state index contributed by atoms with van der Waals surface area (Å²) < 4.78 is 0. The molecule has 0 saturated carbocycles. The molecule has 0 fully saturated rings. The second-order valence-corrected chi connectivity index (χ2v) is 5.92. The van der Waals surface area contributed by atoms with Gasteiger partial charge in [0.1, 0.15) is 0 Å². The minimum absolute atomic E-state index is 0.0996. The summed E-state index contributed by atoms with van der Waals surface area (Å²) in [6.07, 6.45) is -0.0271. The van der Waals surface area contributed by atoms with Crippen molar-refractivity contribution in [2.45, 2.75) is 47.1 Å². The molecule has 1 amide bonds. The van der Waals surface area contributed by atoms with Crippen LogP contribution in [0.1, 0.15) is 41.0 Å². The summed E-state index contributed by atoms with van der Waals surface area (Å²) in [5.41, 5.74) is 5.65. The van der Waals surface area contributed by atoms with Gasteiger partial charge in [0.25, 0.3) is 0 Å². The van der Waals surface area contributed by atoms with E-state index in [1.54, 1.807) is 0 Å². The molecule has 0 aromatic heterocycles. The molecule has 0 radical (unpaired) electrons. The molecule has 96 valence electrons. The van der Waals surface area contributed by atoms with Crippen molar-refractivity contribution in [1.82, 2.24) is 5.32 Å². The first-order chi connectivity index (χ1) is 7.18. The van der Waals surface area contributed by atoms with Gasteiger partial charge in [0.2, 0.25) is 0 Å². The van der Waals surface area contributed by atoms with Gasteiger partial charge in [-0.05, 0) is 30.2 Å². The number of carboxylic acid groups (broad SMARTS) is 1. The molecule has 0 aromatic carbocycles. The molecular formula is C12H26N2O2. The molecule has 0 aliphatic rings. The largest absolute Gasteiger partial charge is 0.465 e. The van der Waals surface area contributed by atoms with E-state index in [1.165, 1.54) is 0 Å². The highest BCUT2D eigenvalue weighted by atomic mass is 16.4. The van der Waals surface area contributed by atoms with Gasteiger partial charge in [0, 0.05) is 6.04 Å². The summed E-state index contributed by atoms with van der Waals surface area (Å²) in [6, 6.07) is -0.0996. The van der Waals surface area contributed by atoms with Crippen molar-refractivity contribution in [1.29, 1.82) is 0 Å². The van der Waals surface area contributed by atoms with Gasteiger partial charge < -0.3 is 16.2 Å². The van der Waals surface area contributed by atoms with Crippen LogP contribution in [-0.2, 0) is 0 Å². The van der Waals surface area contributed by atoms with Gasteiger partial charge in [0.05, 0.1) is 0 Å². The topological polar surface area (TPSA) is 75.3 Å². The molecule has 0 aliphatic carbocycles. The minimum Gasteiger partial charge on any atom is -0.465 e. The van der Waals surface area contributed by atoms with Crippen LogP contribution >= 0.6 is 0 Å². The molecule has 2 atom stereocenters. The Kier molecular flexibility index (Phi) is 5.79. The van der Waals surface area contributed by atoms with Crippen molar-refractivity contribution < 1.29 is 9.90 Å².